The molecule has 1 heterocycles. The molecule has 1 fully saturated rings. The minimum absolute atomic E-state index is 0.184. The number of hydrogen-bond donors (Lipinski definition) is 0. The van der Waals surface area contributed by atoms with E-state index in [1.165, 1.54) is 0 Å². The van der Waals surface area contributed by atoms with Gasteiger partial charge in [0.25, 0.3) is 6.54 Å². The highest BCUT2D eigenvalue weighted by Crippen LogP contribution is 2.39. The number of halogens is 1. The van der Waals surface area contributed by atoms with E-state index in [-0.39, 0.29) is 26.2 Å². The third-order valence-corrected chi connectivity index (χ3v) is 9.34. The predicted molar refractivity (Wildman–Crippen MR) is 201 cm³/mol. The molecule has 0 amide bonds. The molecule has 10 heteroatoms. The van der Waals surface area contributed by atoms with Crippen molar-refractivity contribution in [2.75, 3.05) is 13.2 Å². The average Bonchev–Trinajstić information content (AvgIpc) is 3.18. The number of rotatable bonds is 18. The van der Waals surface area contributed by atoms with Gasteiger partial charge in [-0.15, -0.1) is 0 Å². The topological polar surface area (TPSA) is 106 Å². The lowest BCUT2D eigenvalue weighted by molar-refractivity contribution is -0.467. The van der Waals surface area contributed by atoms with Gasteiger partial charge >= 0.3 is 0 Å². The van der Waals surface area contributed by atoms with Gasteiger partial charge in [-0.25, -0.2) is 0 Å². The SMILES string of the molecule is O=C(Cc1cc([C@@H]2O[C@H](COCc3ccccc3)[C@@H](OCc3ccccc3)C(OCc3ccccc3)C2OCc2ccccc2)ccc1Cl)C[N+](=O)[O-]. The minimum atomic E-state index is -0.792. The Balaban J connectivity index is 1.38. The fraction of sp³-hybridized carbons (Fsp3) is 0.279. The zero-order valence-electron chi connectivity index (χ0n) is 29.2. The molecule has 5 aromatic carbocycles. The Bertz CT molecular complexity index is 1880. The van der Waals surface area contributed by atoms with Crippen LogP contribution >= 0.6 is 11.6 Å². The fourth-order valence-corrected chi connectivity index (χ4v) is 6.56. The molecule has 0 bridgehead atoms. The predicted octanol–water partition coefficient (Wildman–Crippen LogP) is 8.14. The number of carbonyl (C=O) groups is 1. The van der Waals surface area contributed by atoms with Crippen molar-refractivity contribution in [1.82, 2.24) is 0 Å². The van der Waals surface area contributed by atoms with Gasteiger partial charge in [-0.05, 0) is 39.4 Å². The van der Waals surface area contributed by atoms with E-state index in [9.17, 15) is 14.9 Å². The van der Waals surface area contributed by atoms with Crippen LogP contribution in [0.15, 0.2) is 140 Å². The largest absolute Gasteiger partial charge is 0.374 e. The van der Waals surface area contributed by atoms with Crippen LogP contribution in [0.4, 0.5) is 0 Å². The molecule has 0 aliphatic carbocycles. The molecule has 9 nitrogen and oxygen atoms in total. The van der Waals surface area contributed by atoms with E-state index in [4.69, 9.17) is 35.3 Å². The summed E-state index contributed by atoms with van der Waals surface area (Å²) in [5.41, 5.74) is 5.09. The standard InChI is InChI=1S/C43H42ClNO8/c44-38-22-21-35(23-36(38)24-37(46)25-45(47)48)40-42(51-28-33-17-9-3-10-18-33)43(52-29-34-19-11-4-12-20-34)41(50-27-32-15-7-2-8-16-32)39(53-40)30-49-26-31-13-5-1-6-14-31/h1-23,39-43H,24-30H2/t39-,40+,41-,42?,43?/m1/s1. The maximum absolute atomic E-state index is 12.6. The van der Waals surface area contributed by atoms with Gasteiger partial charge in [-0.1, -0.05) is 145 Å². The number of hydrogen-bond acceptors (Lipinski definition) is 8. The Hall–Kier alpha value is -4.74. The first-order chi connectivity index (χ1) is 25.9. The molecule has 5 aromatic rings. The summed E-state index contributed by atoms with van der Waals surface area (Å²) in [6, 6.07) is 44.8. The first kappa shape index (κ1) is 38.0. The molecule has 0 aromatic heterocycles. The quantitative estimate of drug-likeness (QED) is 0.0656. The number of ether oxygens (including phenoxy) is 5. The second-order valence-corrected chi connectivity index (χ2v) is 13.3. The molecule has 1 saturated heterocycles. The molecular weight excluding hydrogens is 694 g/mol. The summed E-state index contributed by atoms with van der Waals surface area (Å²) in [5.74, 6) is -0.555. The molecule has 0 radical (unpaired) electrons. The van der Waals surface area contributed by atoms with Crippen LogP contribution < -0.4 is 0 Å². The van der Waals surface area contributed by atoms with Crippen molar-refractivity contribution >= 4 is 17.4 Å². The van der Waals surface area contributed by atoms with Crippen molar-refractivity contribution in [3.63, 3.8) is 0 Å². The van der Waals surface area contributed by atoms with Crippen LogP contribution in [0.5, 0.6) is 0 Å². The minimum Gasteiger partial charge on any atom is -0.374 e. The van der Waals surface area contributed by atoms with Gasteiger partial charge in [0, 0.05) is 16.4 Å². The first-order valence-electron chi connectivity index (χ1n) is 17.6. The molecule has 0 N–H and O–H groups in total. The molecular formula is C43H42ClNO8. The number of ketones is 1. The molecule has 6 rings (SSSR count). The van der Waals surface area contributed by atoms with Gasteiger partial charge < -0.3 is 23.7 Å². The smallest absolute Gasteiger partial charge is 0.261 e. The Morgan fingerprint density at radius 3 is 1.62 bits per heavy atom. The summed E-state index contributed by atoms with van der Waals surface area (Å²) in [4.78, 5) is 23.0. The van der Waals surface area contributed by atoms with Crippen molar-refractivity contribution in [2.45, 2.75) is 63.4 Å². The van der Waals surface area contributed by atoms with E-state index in [0.717, 1.165) is 22.3 Å². The van der Waals surface area contributed by atoms with Crippen LogP contribution in [-0.2, 0) is 61.3 Å². The van der Waals surface area contributed by atoms with Crippen molar-refractivity contribution < 1.29 is 33.4 Å². The van der Waals surface area contributed by atoms with Gasteiger partial charge in [0.1, 0.15) is 30.5 Å². The molecule has 1 aliphatic rings. The van der Waals surface area contributed by atoms with Gasteiger partial charge in [0.05, 0.1) is 33.0 Å². The Morgan fingerprint density at radius 2 is 1.11 bits per heavy atom. The second kappa shape index (κ2) is 19.4. The molecule has 0 spiro atoms. The van der Waals surface area contributed by atoms with Gasteiger partial charge in [0.15, 0.2) is 0 Å². The fourth-order valence-electron chi connectivity index (χ4n) is 6.38. The lowest BCUT2D eigenvalue weighted by Crippen LogP contribution is -2.58. The van der Waals surface area contributed by atoms with E-state index in [1.807, 2.05) is 127 Å². The van der Waals surface area contributed by atoms with E-state index in [0.29, 0.717) is 29.4 Å². The van der Waals surface area contributed by atoms with Crippen molar-refractivity contribution in [1.29, 1.82) is 0 Å². The number of benzene rings is 5. The zero-order chi connectivity index (χ0) is 36.8. The van der Waals surface area contributed by atoms with Crippen molar-refractivity contribution in [2.24, 2.45) is 0 Å². The second-order valence-electron chi connectivity index (χ2n) is 12.9. The van der Waals surface area contributed by atoms with Crippen molar-refractivity contribution in [3.8, 4) is 0 Å². The number of nitrogens with zero attached hydrogens (tertiary/aromatic N) is 1. The Morgan fingerprint density at radius 1 is 0.642 bits per heavy atom. The highest BCUT2D eigenvalue weighted by molar-refractivity contribution is 6.31. The Labute approximate surface area is 314 Å². The van der Waals surface area contributed by atoms with Crippen LogP contribution in [-0.4, -0.2) is 48.3 Å². The van der Waals surface area contributed by atoms with Crippen LogP contribution in [0.3, 0.4) is 0 Å². The monoisotopic (exact) mass is 735 g/mol. The van der Waals surface area contributed by atoms with E-state index < -0.39 is 47.8 Å². The molecule has 5 atom stereocenters. The number of nitro groups is 1. The van der Waals surface area contributed by atoms with E-state index >= 15 is 0 Å². The highest BCUT2D eigenvalue weighted by Gasteiger charge is 2.49. The maximum atomic E-state index is 12.6. The summed E-state index contributed by atoms with van der Waals surface area (Å²) in [6.45, 7) is 0.606. The Kier molecular flexibility index (Phi) is 13.9. The molecule has 274 valence electrons. The van der Waals surface area contributed by atoms with E-state index in [2.05, 4.69) is 0 Å². The van der Waals surface area contributed by atoms with Gasteiger partial charge in [0.2, 0.25) is 5.78 Å². The molecule has 1 aliphatic heterocycles. The van der Waals surface area contributed by atoms with Crippen LogP contribution in [0.2, 0.25) is 5.02 Å². The normalized spacial score (nSPS) is 19.8. The molecule has 2 unspecified atom stereocenters. The first-order valence-corrected chi connectivity index (χ1v) is 18.0. The summed E-state index contributed by atoms with van der Waals surface area (Å²) < 4.78 is 33.6. The van der Waals surface area contributed by atoms with Gasteiger partial charge in [-0.3, -0.25) is 14.9 Å². The third-order valence-electron chi connectivity index (χ3n) is 8.97. The van der Waals surface area contributed by atoms with Crippen LogP contribution in [0.1, 0.15) is 39.5 Å². The summed E-state index contributed by atoms with van der Waals surface area (Å²) >= 11 is 6.56. The molecule has 53 heavy (non-hydrogen) atoms. The highest BCUT2D eigenvalue weighted by atomic mass is 35.5. The lowest BCUT2D eigenvalue weighted by atomic mass is 9.89. The maximum Gasteiger partial charge on any atom is 0.261 e. The summed E-state index contributed by atoms with van der Waals surface area (Å²) in [6.07, 6.45) is -3.50. The van der Waals surface area contributed by atoms with Crippen molar-refractivity contribution in [3.05, 3.63) is 188 Å². The van der Waals surface area contributed by atoms with Gasteiger partial charge in [-0.2, -0.15) is 0 Å². The zero-order valence-corrected chi connectivity index (χ0v) is 30.0. The molecule has 0 saturated carbocycles. The number of carbonyl (C=O) groups excluding carboxylic acids is 1. The number of Topliss-reactive ketones (excluding diaryl/α,β-unsaturated/α-hetero) is 1. The van der Waals surface area contributed by atoms with Crippen LogP contribution in [0.25, 0.3) is 0 Å². The third kappa shape index (κ3) is 11.1. The summed E-state index contributed by atoms with van der Waals surface area (Å²) in [7, 11) is 0. The van der Waals surface area contributed by atoms with E-state index in [1.54, 1.807) is 12.1 Å². The summed E-state index contributed by atoms with van der Waals surface area (Å²) in [5, 5.41) is 11.4. The average molecular weight is 736 g/mol. The van der Waals surface area contributed by atoms with Crippen LogP contribution in [0, 0.1) is 10.1 Å². The lowest BCUT2D eigenvalue weighted by Gasteiger charge is -2.46.